The second-order valence-electron chi connectivity index (χ2n) is 4.12. The van der Waals surface area contributed by atoms with Crippen LogP contribution in [0.15, 0.2) is 18.3 Å². The number of unbranched alkanes of at least 4 members (excludes halogenated alkanes) is 1. The summed E-state index contributed by atoms with van der Waals surface area (Å²) in [6.07, 6.45) is -3.37. The number of carbonyl (C=O) groups is 1. The minimum absolute atomic E-state index is 0.0163. The van der Waals surface area contributed by atoms with Crippen molar-refractivity contribution < 1.29 is 18.0 Å². The molecule has 0 radical (unpaired) electrons. The van der Waals surface area contributed by atoms with Crippen molar-refractivity contribution in [3.8, 4) is 0 Å². The standard InChI is InChI=1S/C12H14F3N3OS/c13-12(14,15)5-1-2-6-17-11(19)9-4-3-8(7-18-9)10(16)20/h3-4,7H,1-2,5-6H2,(H2,16,20)(H,17,19). The molecule has 1 heterocycles. The molecule has 0 atom stereocenters. The van der Waals surface area contributed by atoms with Gasteiger partial charge in [-0.2, -0.15) is 13.2 Å². The molecule has 1 rings (SSSR count). The van der Waals surface area contributed by atoms with Crippen molar-refractivity contribution in [1.29, 1.82) is 0 Å². The Balaban J connectivity index is 2.34. The highest BCUT2D eigenvalue weighted by molar-refractivity contribution is 7.80. The van der Waals surface area contributed by atoms with Crippen LogP contribution in [-0.4, -0.2) is 28.6 Å². The third-order valence-corrected chi connectivity index (χ3v) is 2.69. The van der Waals surface area contributed by atoms with Crippen LogP contribution in [0.3, 0.4) is 0 Å². The van der Waals surface area contributed by atoms with Crippen LogP contribution in [-0.2, 0) is 0 Å². The zero-order valence-corrected chi connectivity index (χ0v) is 11.4. The lowest BCUT2D eigenvalue weighted by molar-refractivity contribution is -0.135. The quantitative estimate of drug-likeness (QED) is 0.624. The summed E-state index contributed by atoms with van der Waals surface area (Å²) in [4.78, 5) is 15.7. The smallest absolute Gasteiger partial charge is 0.389 e. The van der Waals surface area contributed by atoms with Crippen LogP contribution in [0.4, 0.5) is 13.2 Å². The van der Waals surface area contributed by atoms with Crippen molar-refractivity contribution in [2.75, 3.05) is 6.54 Å². The summed E-state index contributed by atoms with van der Waals surface area (Å²) in [7, 11) is 0. The fraction of sp³-hybridized carbons (Fsp3) is 0.417. The Labute approximate surface area is 119 Å². The fourth-order valence-electron chi connectivity index (χ4n) is 1.42. The molecule has 20 heavy (non-hydrogen) atoms. The van der Waals surface area contributed by atoms with Gasteiger partial charge in [-0.05, 0) is 25.0 Å². The molecule has 0 aliphatic heterocycles. The number of aromatic nitrogens is 1. The number of nitrogens with two attached hydrogens (primary N) is 1. The zero-order valence-electron chi connectivity index (χ0n) is 10.5. The van der Waals surface area contributed by atoms with E-state index < -0.39 is 18.5 Å². The fourth-order valence-corrected chi connectivity index (χ4v) is 1.54. The predicted molar refractivity (Wildman–Crippen MR) is 72.4 cm³/mol. The van der Waals surface area contributed by atoms with Gasteiger partial charge in [0.2, 0.25) is 0 Å². The molecular formula is C12H14F3N3OS. The van der Waals surface area contributed by atoms with Crippen LogP contribution in [0.25, 0.3) is 0 Å². The lowest BCUT2D eigenvalue weighted by Crippen LogP contribution is -2.25. The van der Waals surface area contributed by atoms with E-state index in [9.17, 15) is 18.0 Å². The molecule has 3 N–H and O–H groups in total. The molecule has 110 valence electrons. The van der Waals surface area contributed by atoms with E-state index in [1.165, 1.54) is 12.3 Å². The average Bonchev–Trinajstić information content (AvgIpc) is 2.37. The maximum atomic E-state index is 11.9. The zero-order chi connectivity index (χ0) is 15.2. The molecule has 0 bridgehead atoms. The number of halogens is 3. The maximum Gasteiger partial charge on any atom is 0.389 e. The Hall–Kier alpha value is -1.70. The number of hydrogen-bond donors (Lipinski definition) is 2. The minimum Gasteiger partial charge on any atom is -0.389 e. The van der Waals surface area contributed by atoms with Crippen LogP contribution in [0, 0.1) is 0 Å². The first-order chi connectivity index (χ1) is 9.29. The molecule has 0 aliphatic rings. The number of carbonyl (C=O) groups excluding carboxylic acids is 1. The van der Waals surface area contributed by atoms with Crippen molar-refractivity contribution >= 4 is 23.1 Å². The van der Waals surface area contributed by atoms with E-state index in [1.807, 2.05) is 0 Å². The number of rotatable bonds is 6. The molecule has 0 fully saturated rings. The maximum absolute atomic E-state index is 11.9. The van der Waals surface area contributed by atoms with Gasteiger partial charge in [-0.3, -0.25) is 9.78 Å². The Kier molecular flexibility index (Phi) is 5.87. The number of amides is 1. The normalized spacial score (nSPS) is 11.2. The van der Waals surface area contributed by atoms with Gasteiger partial charge in [0.05, 0.1) is 0 Å². The third-order valence-electron chi connectivity index (χ3n) is 2.45. The van der Waals surface area contributed by atoms with Gasteiger partial charge in [0.1, 0.15) is 10.7 Å². The largest absolute Gasteiger partial charge is 0.389 e. The SMILES string of the molecule is NC(=S)c1ccc(C(=O)NCCCCC(F)(F)F)nc1. The Morgan fingerprint density at radius 3 is 2.55 bits per heavy atom. The number of alkyl halides is 3. The summed E-state index contributed by atoms with van der Waals surface area (Å²) in [6, 6.07) is 3.02. The molecule has 0 spiro atoms. The molecule has 0 aliphatic carbocycles. The summed E-state index contributed by atoms with van der Waals surface area (Å²) >= 11 is 4.75. The monoisotopic (exact) mass is 305 g/mol. The van der Waals surface area contributed by atoms with Gasteiger partial charge in [0.25, 0.3) is 5.91 Å². The van der Waals surface area contributed by atoms with Gasteiger partial charge in [-0.15, -0.1) is 0 Å². The van der Waals surface area contributed by atoms with E-state index in [0.29, 0.717) is 5.56 Å². The summed E-state index contributed by atoms with van der Waals surface area (Å²) in [5, 5.41) is 2.50. The lowest BCUT2D eigenvalue weighted by atomic mass is 10.2. The predicted octanol–water partition coefficient (Wildman–Crippen LogP) is 2.18. The number of hydrogen-bond acceptors (Lipinski definition) is 3. The van der Waals surface area contributed by atoms with E-state index in [2.05, 4.69) is 10.3 Å². The number of pyridine rings is 1. The highest BCUT2D eigenvalue weighted by Gasteiger charge is 2.25. The average molecular weight is 305 g/mol. The molecule has 0 aromatic carbocycles. The third kappa shape index (κ3) is 5.96. The first kappa shape index (κ1) is 16.4. The molecule has 0 saturated carbocycles. The first-order valence-electron chi connectivity index (χ1n) is 5.90. The summed E-state index contributed by atoms with van der Waals surface area (Å²) in [5.41, 5.74) is 6.10. The van der Waals surface area contributed by atoms with Crippen molar-refractivity contribution in [3.63, 3.8) is 0 Å². The van der Waals surface area contributed by atoms with Crippen LogP contribution in [0.1, 0.15) is 35.3 Å². The number of nitrogens with zero attached hydrogens (tertiary/aromatic N) is 1. The molecule has 8 heteroatoms. The van der Waals surface area contributed by atoms with Gasteiger partial charge in [0.15, 0.2) is 0 Å². The molecular weight excluding hydrogens is 291 g/mol. The topological polar surface area (TPSA) is 68.0 Å². The minimum atomic E-state index is -4.15. The van der Waals surface area contributed by atoms with E-state index >= 15 is 0 Å². The van der Waals surface area contributed by atoms with Crippen molar-refractivity contribution in [1.82, 2.24) is 10.3 Å². The van der Waals surface area contributed by atoms with Crippen molar-refractivity contribution in [2.24, 2.45) is 5.73 Å². The van der Waals surface area contributed by atoms with Gasteiger partial charge in [-0.1, -0.05) is 12.2 Å². The van der Waals surface area contributed by atoms with Crippen molar-refractivity contribution in [2.45, 2.75) is 25.4 Å². The van der Waals surface area contributed by atoms with Crippen LogP contribution in [0.5, 0.6) is 0 Å². The molecule has 1 aromatic rings. The van der Waals surface area contributed by atoms with Gasteiger partial charge in [0, 0.05) is 24.7 Å². The Bertz CT molecular complexity index is 474. The molecule has 4 nitrogen and oxygen atoms in total. The number of nitrogens with one attached hydrogen (secondary N) is 1. The van der Waals surface area contributed by atoms with E-state index in [4.69, 9.17) is 18.0 Å². The molecule has 0 saturated heterocycles. The first-order valence-corrected chi connectivity index (χ1v) is 6.31. The van der Waals surface area contributed by atoms with Gasteiger partial charge < -0.3 is 11.1 Å². The van der Waals surface area contributed by atoms with E-state index in [0.717, 1.165) is 0 Å². The second-order valence-corrected chi connectivity index (χ2v) is 4.56. The highest BCUT2D eigenvalue weighted by Crippen LogP contribution is 2.21. The summed E-state index contributed by atoms with van der Waals surface area (Å²) in [5.74, 6) is -0.438. The summed E-state index contributed by atoms with van der Waals surface area (Å²) in [6.45, 7) is 0.174. The molecule has 1 amide bonds. The van der Waals surface area contributed by atoms with Crippen molar-refractivity contribution in [3.05, 3.63) is 29.6 Å². The van der Waals surface area contributed by atoms with Crippen LogP contribution < -0.4 is 11.1 Å². The van der Waals surface area contributed by atoms with Crippen LogP contribution in [0.2, 0.25) is 0 Å². The molecule has 0 unspecified atom stereocenters. The van der Waals surface area contributed by atoms with E-state index in [-0.39, 0.29) is 30.1 Å². The van der Waals surface area contributed by atoms with Gasteiger partial charge >= 0.3 is 6.18 Å². The van der Waals surface area contributed by atoms with Crippen LogP contribution >= 0.6 is 12.2 Å². The van der Waals surface area contributed by atoms with Gasteiger partial charge in [-0.25, -0.2) is 0 Å². The Morgan fingerprint density at radius 2 is 2.05 bits per heavy atom. The highest BCUT2D eigenvalue weighted by atomic mass is 32.1. The lowest BCUT2D eigenvalue weighted by Gasteiger charge is -2.07. The Morgan fingerprint density at radius 1 is 1.35 bits per heavy atom. The summed E-state index contributed by atoms with van der Waals surface area (Å²) < 4.78 is 35.7. The number of thiocarbonyl (C=S) groups is 1. The molecule has 1 aromatic heterocycles. The second kappa shape index (κ2) is 7.18. The van der Waals surface area contributed by atoms with E-state index in [1.54, 1.807) is 6.07 Å².